The lowest BCUT2D eigenvalue weighted by atomic mass is 10.0. The molecule has 2 rings (SSSR count). The lowest BCUT2D eigenvalue weighted by molar-refractivity contribution is 0.166. The van der Waals surface area contributed by atoms with E-state index in [0.29, 0.717) is 6.54 Å². The highest BCUT2D eigenvalue weighted by Gasteiger charge is 2.16. The van der Waals surface area contributed by atoms with E-state index in [1.807, 2.05) is 18.3 Å². The van der Waals surface area contributed by atoms with Crippen molar-refractivity contribution in [1.29, 1.82) is 0 Å². The van der Waals surface area contributed by atoms with E-state index in [-0.39, 0.29) is 19.1 Å². The summed E-state index contributed by atoms with van der Waals surface area (Å²) in [6.07, 6.45) is 2.89. The molecule has 0 saturated heterocycles. The Morgan fingerprint density at radius 3 is 2.29 bits per heavy atom. The molecular formula is C19H29N3O2. The summed E-state index contributed by atoms with van der Waals surface area (Å²) in [5, 5.41) is 19.0. The Morgan fingerprint density at radius 1 is 1.08 bits per heavy atom. The number of rotatable bonds is 9. The number of aliphatic hydroxyl groups excluding tert-OH is 2. The number of aromatic nitrogens is 2. The van der Waals surface area contributed by atoms with Gasteiger partial charge in [-0.3, -0.25) is 0 Å². The van der Waals surface area contributed by atoms with Crippen LogP contribution in [0.1, 0.15) is 36.2 Å². The van der Waals surface area contributed by atoms with E-state index in [4.69, 9.17) is 0 Å². The quantitative estimate of drug-likeness (QED) is 0.740. The maximum absolute atomic E-state index is 9.78. The van der Waals surface area contributed by atoms with Crippen LogP contribution >= 0.6 is 0 Å². The van der Waals surface area contributed by atoms with Crippen molar-refractivity contribution in [3.05, 3.63) is 47.4 Å². The van der Waals surface area contributed by atoms with Crippen molar-refractivity contribution in [1.82, 2.24) is 14.5 Å². The first kappa shape index (κ1) is 18.6. The van der Waals surface area contributed by atoms with Gasteiger partial charge in [-0.2, -0.15) is 0 Å². The van der Waals surface area contributed by atoms with Crippen LogP contribution in [0.3, 0.4) is 0 Å². The highest BCUT2D eigenvalue weighted by Crippen LogP contribution is 2.19. The average Bonchev–Trinajstić information content (AvgIpc) is 2.92. The van der Waals surface area contributed by atoms with Crippen LogP contribution < -0.4 is 0 Å². The van der Waals surface area contributed by atoms with Crippen LogP contribution in [0, 0.1) is 13.8 Å². The standard InChI is InChI=1S/C19H29N3O2/c1-4-9-21(10-11-23)13-18(14-24)17-7-8-19(20-12-17)22-15(2)5-6-16(22)3/h5-8,12,18,23-24H,4,9-11,13-14H2,1-3H3. The highest BCUT2D eigenvalue weighted by atomic mass is 16.3. The first-order valence-electron chi connectivity index (χ1n) is 8.66. The van der Waals surface area contributed by atoms with Gasteiger partial charge in [0.15, 0.2) is 0 Å². The zero-order valence-electron chi connectivity index (χ0n) is 14.9. The topological polar surface area (TPSA) is 61.5 Å². The van der Waals surface area contributed by atoms with Crippen molar-refractivity contribution in [2.24, 2.45) is 0 Å². The van der Waals surface area contributed by atoms with Crippen LogP contribution in [0.25, 0.3) is 5.82 Å². The Morgan fingerprint density at radius 2 is 1.79 bits per heavy atom. The molecule has 5 heteroatoms. The van der Waals surface area contributed by atoms with E-state index >= 15 is 0 Å². The molecule has 0 aliphatic rings. The molecule has 0 aliphatic carbocycles. The second-order valence-electron chi connectivity index (χ2n) is 6.30. The molecule has 0 fully saturated rings. The van der Waals surface area contributed by atoms with E-state index in [1.54, 1.807) is 0 Å². The first-order chi connectivity index (χ1) is 11.6. The number of hydrogen-bond acceptors (Lipinski definition) is 4. The first-order valence-corrected chi connectivity index (χ1v) is 8.66. The minimum absolute atomic E-state index is 0.0107. The molecular weight excluding hydrogens is 302 g/mol. The van der Waals surface area contributed by atoms with Crippen molar-refractivity contribution in [3.8, 4) is 5.82 Å². The summed E-state index contributed by atoms with van der Waals surface area (Å²) in [6.45, 7) is 8.76. The number of pyridine rings is 1. The molecule has 132 valence electrons. The maximum Gasteiger partial charge on any atom is 0.136 e. The van der Waals surface area contributed by atoms with Crippen molar-refractivity contribution in [3.63, 3.8) is 0 Å². The number of aliphatic hydroxyl groups is 2. The fraction of sp³-hybridized carbons (Fsp3) is 0.526. The van der Waals surface area contributed by atoms with Crippen LogP contribution in [0.15, 0.2) is 30.5 Å². The zero-order valence-corrected chi connectivity index (χ0v) is 14.9. The van der Waals surface area contributed by atoms with Crippen molar-refractivity contribution >= 4 is 0 Å². The van der Waals surface area contributed by atoms with Gasteiger partial charge in [0.2, 0.25) is 0 Å². The molecule has 0 amide bonds. The lowest BCUT2D eigenvalue weighted by Gasteiger charge is -2.25. The molecule has 2 aromatic rings. The number of hydrogen-bond donors (Lipinski definition) is 2. The summed E-state index contributed by atoms with van der Waals surface area (Å²) < 4.78 is 2.12. The van der Waals surface area contributed by atoms with Gasteiger partial charge in [0.1, 0.15) is 5.82 Å². The summed E-state index contributed by atoms with van der Waals surface area (Å²) in [5.74, 6) is 0.910. The van der Waals surface area contributed by atoms with Gasteiger partial charge in [-0.05, 0) is 50.6 Å². The molecule has 2 N–H and O–H groups in total. The van der Waals surface area contributed by atoms with Gasteiger partial charge in [-0.1, -0.05) is 13.0 Å². The minimum atomic E-state index is 0.0107. The van der Waals surface area contributed by atoms with Gasteiger partial charge in [-0.15, -0.1) is 0 Å². The summed E-state index contributed by atoms with van der Waals surface area (Å²) in [7, 11) is 0. The molecule has 24 heavy (non-hydrogen) atoms. The van der Waals surface area contributed by atoms with Crippen LogP contribution in [0.2, 0.25) is 0 Å². The predicted molar refractivity (Wildman–Crippen MR) is 96.7 cm³/mol. The van der Waals surface area contributed by atoms with E-state index in [2.05, 4.69) is 47.4 Å². The van der Waals surface area contributed by atoms with Gasteiger partial charge in [0, 0.05) is 36.6 Å². The average molecular weight is 331 g/mol. The largest absolute Gasteiger partial charge is 0.396 e. The smallest absolute Gasteiger partial charge is 0.136 e. The van der Waals surface area contributed by atoms with Crippen molar-refractivity contribution in [2.75, 3.05) is 32.8 Å². The lowest BCUT2D eigenvalue weighted by Crippen LogP contribution is -2.33. The van der Waals surface area contributed by atoms with Crippen molar-refractivity contribution in [2.45, 2.75) is 33.1 Å². The second kappa shape index (κ2) is 8.97. The van der Waals surface area contributed by atoms with Crippen molar-refractivity contribution < 1.29 is 10.2 Å². The van der Waals surface area contributed by atoms with E-state index in [9.17, 15) is 10.2 Å². The van der Waals surface area contributed by atoms with Gasteiger partial charge in [0.05, 0.1) is 13.2 Å². The maximum atomic E-state index is 9.78. The van der Waals surface area contributed by atoms with Gasteiger partial charge < -0.3 is 19.7 Å². The molecule has 0 saturated carbocycles. The van der Waals surface area contributed by atoms with Gasteiger partial charge in [-0.25, -0.2) is 4.98 Å². The summed E-state index contributed by atoms with van der Waals surface area (Å²) >= 11 is 0. The van der Waals surface area contributed by atoms with Crippen LogP contribution in [-0.2, 0) is 0 Å². The summed E-state index contributed by atoms with van der Waals surface area (Å²) in [4.78, 5) is 6.78. The Labute approximate surface area is 144 Å². The molecule has 0 aromatic carbocycles. The van der Waals surface area contributed by atoms with Crippen LogP contribution in [-0.4, -0.2) is 57.5 Å². The molecule has 1 unspecified atom stereocenters. The molecule has 0 radical (unpaired) electrons. The predicted octanol–water partition coefficient (Wildman–Crippen LogP) is 2.27. The normalized spacial score (nSPS) is 12.8. The Hall–Kier alpha value is -1.69. The molecule has 0 spiro atoms. The van der Waals surface area contributed by atoms with E-state index < -0.39 is 0 Å². The number of aryl methyl sites for hydroxylation is 2. The molecule has 2 aromatic heterocycles. The molecule has 1 atom stereocenters. The van der Waals surface area contributed by atoms with E-state index in [0.717, 1.165) is 42.3 Å². The third-order valence-corrected chi connectivity index (χ3v) is 4.40. The number of nitrogens with zero attached hydrogens (tertiary/aromatic N) is 3. The second-order valence-corrected chi connectivity index (χ2v) is 6.30. The third-order valence-electron chi connectivity index (χ3n) is 4.40. The Balaban J connectivity index is 2.15. The van der Waals surface area contributed by atoms with Gasteiger partial charge >= 0.3 is 0 Å². The Kier molecular flexibility index (Phi) is 6.97. The third kappa shape index (κ3) is 4.44. The Bertz CT molecular complexity index is 597. The zero-order chi connectivity index (χ0) is 17.5. The fourth-order valence-corrected chi connectivity index (χ4v) is 3.13. The van der Waals surface area contributed by atoms with Gasteiger partial charge in [0.25, 0.3) is 0 Å². The highest BCUT2D eigenvalue weighted by molar-refractivity contribution is 5.33. The van der Waals surface area contributed by atoms with E-state index in [1.165, 1.54) is 0 Å². The molecule has 0 bridgehead atoms. The minimum Gasteiger partial charge on any atom is -0.396 e. The SMILES string of the molecule is CCCN(CCO)CC(CO)c1ccc(-n2c(C)ccc2C)nc1. The fourth-order valence-electron chi connectivity index (χ4n) is 3.13. The van der Waals surface area contributed by atoms with Crippen LogP contribution in [0.5, 0.6) is 0 Å². The molecule has 2 heterocycles. The summed E-state index contributed by atoms with van der Waals surface area (Å²) in [5.41, 5.74) is 3.34. The summed E-state index contributed by atoms with van der Waals surface area (Å²) in [6, 6.07) is 8.22. The molecule has 5 nitrogen and oxygen atoms in total. The molecule has 0 aliphatic heterocycles. The van der Waals surface area contributed by atoms with Crippen LogP contribution in [0.4, 0.5) is 0 Å². The monoisotopic (exact) mass is 331 g/mol.